The number of hydrogen-bond acceptors (Lipinski definition) is 4. The van der Waals surface area contributed by atoms with E-state index in [0.717, 1.165) is 0 Å². The molecule has 1 unspecified atom stereocenters. The van der Waals surface area contributed by atoms with Gasteiger partial charge in [0.25, 0.3) is 5.91 Å². The first kappa shape index (κ1) is 13.2. The minimum Gasteiger partial charge on any atom is -0.484 e. The van der Waals surface area contributed by atoms with Gasteiger partial charge in [-0.2, -0.15) is 0 Å². The van der Waals surface area contributed by atoms with E-state index in [0.29, 0.717) is 30.8 Å². The molecule has 0 aromatic heterocycles. The van der Waals surface area contributed by atoms with Crippen molar-refractivity contribution in [2.75, 3.05) is 18.9 Å². The van der Waals surface area contributed by atoms with Crippen LogP contribution in [0, 0.1) is 0 Å². The summed E-state index contributed by atoms with van der Waals surface area (Å²) in [6.07, 6.45) is 1.11. The molecule has 0 aliphatic carbocycles. The van der Waals surface area contributed by atoms with Gasteiger partial charge in [0.1, 0.15) is 5.75 Å². The molecule has 1 aliphatic rings. The van der Waals surface area contributed by atoms with Gasteiger partial charge in [0, 0.05) is 30.8 Å². The zero-order chi connectivity index (χ0) is 13.7. The van der Waals surface area contributed by atoms with Crippen LogP contribution in [0.15, 0.2) is 24.3 Å². The van der Waals surface area contributed by atoms with Crippen molar-refractivity contribution in [2.24, 2.45) is 0 Å². The number of ether oxygens (including phenoxy) is 1. The van der Waals surface area contributed by atoms with Gasteiger partial charge in [-0.05, 0) is 18.6 Å². The highest BCUT2D eigenvalue weighted by Gasteiger charge is 2.19. The molecule has 1 atom stereocenters. The van der Waals surface area contributed by atoms with E-state index in [1.54, 1.807) is 24.3 Å². The molecular weight excluding hydrogens is 246 g/mol. The third-order valence-corrected chi connectivity index (χ3v) is 2.86. The van der Waals surface area contributed by atoms with Crippen molar-refractivity contribution in [3.05, 3.63) is 24.3 Å². The second-order valence-corrected chi connectivity index (χ2v) is 4.47. The SMILES string of the molecule is Nc1cccc(OCC(=O)NC2CCC(=O)NC2)c1. The van der Waals surface area contributed by atoms with E-state index in [2.05, 4.69) is 10.6 Å². The van der Waals surface area contributed by atoms with Crippen molar-refractivity contribution >= 4 is 17.5 Å². The molecule has 1 aromatic carbocycles. The summed E-state index contributed by atoms with van der Waals surface area (Å²) in [5, 5.41) is 5.52. The number of hydrogen-bond donors (Lipinski definition) is 3. The van der Waals surface area contributed by atoms with Crippen molar-refractivity contribution in [1.29, 1.82) is 0 Å². The van der Waals surface area contributed by atoms with Gasteiger partial charge in [-0.15, -0.1) is 0 Å². The van der Waals surface area contributed by atoms with Crippen LogP contribution >= 0.6 is 0 Å². The Morgan fingerprint density at radius 1 is 1.53 bits per heavy atom. The number of nitrogen functional groups attached to an aromatic ring is 1. The van der Waals surface area contributed by atoms with Crippen molar-refractivity contribution in [1.82, 2.24) is 10.6 Å². The summed E-state index contributed by atoms with van der Waals surface area (Å²) in [6.45, 7) is 0.413. The van der Waals surface area contributed by atoms with Crippen molar-refractivity contribution < 1.29 is 14.3 Å². The molecule has 0 bridgehead atoms. The van der Waals surface area contributed by atoms with Gasteiger partial charge in [0.2, 0.25) is 5.91 Å². The molecule has 19 heavy (non-hydrogen) atoms. The molecule has 2 rings (SSSR count). The number of piperidine rings is 1. The van der Waals surface area contributed by atoms with E-state index in [9.17, 15) is 9.59 Å². The summed E-state index contributed by atoms with van der Waals surface area (Å²) in [7, 11) is 0. The number of rotatable bonds is 4. The molecule has 2 amide bonds. The van der Waals surface area contributed by atoms with Crippen LogP contribution in [0.25, 0.3) is 0 Å². The van der Waals surface area contributed by atoms with E-state index >= 15 is 0 Å². The smallest absolute Gasteiger partial charge is 0.258 e. The molecule has 1 fully saturated rings. The van der Waals surface area contributed by atoms with Crippen LogP contribution in [0.2, 0.25) is 0 Å². The molecule has 6 nitrogen and oxygen atoms in total. The summed E-state index contributed by atoms with van der Waals surface area (Å²) in [6, 6.07) is 6.89. The minimum atomic E-state index is -0.205. The number of carbonyl (C=O) groups is 2. The Morgan fingerprint density at radius 2 is 2.37 bits per heavy atom. The number of carbonyl (C=O) groups excluding carboxylic acids is 2. The van der Waals surface area contributed by atoms with Crippen LogP contribution in [0.5, 0.6) is 5.75 Å². The Hall–Kier alpha value is -2.24. The lowest BCUT2D eigenvalue weighted by atomic mass is 10.1. The maximum absolute atomic E-state index is 11.7. The highest BCUT2D eigenvalue weighted by molar-refractivity contribution is 5.79. The lowest BCUT2D eigenvalue weighted by Gasteiger charge is -2.23. The minimum absolute atomic E-state index is 0.0188. The highest BCUT2D eigenvalue weighted by atomic mass is 16.5. The van der Waals surface area contributed by atoms with E-state index in [1.165, 1.54) is 0 Å². The number of amides is 2. The monoisotopic (exact) mass is 263 g/mol. The average Bonchev–Trinajstić information content (AvgIpc) is 2.39. The molecule has 4 N–H and O–H groups in total. The van der Waals surface area contributed by atoms with Crippen LogP contribution in [0.3, 0.4) is 0 Å². The zero-order valence-electron chi connectivity index (χ0n) is 10.5. The van der Waals surface area contributed by atoms with Crippen molar-refractivity contribution in [2.45, 2.75) is 18.9 Å². The summed E-state index contributed by atoms with van der Waals surface area (Å²) in [5.41, 5.74) is 6.20. The third-order valence-electron chi connectivity index (χ3n) is 2.86. The Labute approximate surface area is 111 Å². The van der Waals surface area contributed by atoms with Crippen LogP contribution in [0.1, 0.15) is 12.8 Å². The molecule has 1 aliphatic heterocycles. The van der Waals surface area contributed by atoms with E-state index in [4.69, 9.17) is 10.5 Å². The molecule has 0 spiro atoms. The van der Waals surface area contributed by atoms with Gasteiger partial charge >= 0.3 is 0 Å². The van der Waals surface area contributed by atoms with E-state index in [-0.39, 0.29) is 24.5 Å². The van der Waals surface area contributed by atoms with Gasteiger partial charge in [0.05, 0.1) is 0 Å². The average molecular weight is 263 g/mol. The zero-order valence-corrected chi connectivity index (χ0v) is 10.5. The fourth-order valence-electron chi connectivity index (χ4n) is 1.88. The van der Waals surface area contributed by atoms with Gasteiger partial charge in [0.15, 0.2) is 6.61 Å². The fraction of sp³-hybridized carbons (Fsp3) is 0.385. The summed E-state index contributed by atoms with van der Waals surface area (Å²) in [5.74, 6) is 0.386. The Bertz CT molecular complexity index is 466. The van der Waals surface area contributed by atoms with Crippen LogP contribution in [0.4, 0.5) is 5.69 Å². The molecule has 1 aromatic rings. The highest BCUT2D eigenvalue weighted by Crippen LogP contribution is 2.14. The van der Waals surface area contributed by atoms with Gasteiger partial charge in [-0.1, -0.05) is 6.07 Å². The van der Waals surface area contributed by atoms with E-state index < -0.39 is 0 Å². The molecule has 6 heteroatoms. The Balaban J connectivity index is 1.74. The molecule has 0 saturated carbocycles. The lowest BCUT2D eigenvalue weighted by molar-refractivity contribution is -0.126. The second-order valence-electron chi connectivity index (χ2n) is 4.47. The summed E-state index contributed by atoms with van der Waals surface area (Å²) < 4.78 is 5.33. The first-order chi connectivity index (χ1) is 9.13. The van der Waals surface area contributed by atoms with Crippen LogP contribution in [-0.2, 0) is 9.59 Å². The Kier molecular flexibility index (Phi) is 4.22. The van der Waals surface area contributed by atoms with E-state index in [1.807, 2.05) is 0 Å². The van der Waals surface area contributed by atoms with Crippen molar-refractivity contribution in [3.63, 3.8) is 0 Å². The quantitative estimate of drug-likeness (QED) is 0.669. The van der Waals surface area contributed by atoms with Crippen molar-refractivity contribution in [3.8, 4) is 5.75 Å². The first-order valence-electron chi connectivity index (χ1n) is 6.18. The summed E-state index contributed by atoms with van der Waals surface area (Å²) in [4.78, 5) is 22.6. The normalized spacial score (nSPS) is 18.5. The van der Waals surface area contributed by atoms with Crippen LogP contribution < -0.4 is 21.1 Å². The van der Waals surface area contributed by atoms with Gasteiger partial charge in [-0.25, -0.2) is 0 Å². The maximum atomic E-state index is 11.7. The molecular formula is C13H17N3O3. The first-order valence-corrected chi connectivity index (χ1v) is 6.18. The lowest BCUT2D eigenvalue weighted by Crippen LogP contribution is -2.48. The topological polar surface area (TPSA) is 93.4 Å². The molecule has 1 heterocycles. The second kappa shape index (κ2) is 6.08. The largest absolute Gasteiger partial charge is 0.484 e. The molecule has 1 saturated heterocycles. The number of nitrogens with one attached hydrogen (secondary N) is 2. The Morgan fingerprint density at radius 3 is 3.05 bits per heavy atom. The number of benzene rings is 1. The predicted molar refractivity (Wildman–Crippen MR) is 70.5 cm³/mol. The van der Waals surface area contributed by atoms with Gasteiger partial charge in [-0.3, -0.25) is 9.59 Å². The number of nitrogens with two attached hydrogens (primary N) is 1. The molecule has 0 radical (unpaired) electrons. The third kappa shape index (κ3) is 4.17. The van der Waals surface area contributed by atoms with Gasteiger partial charge < -0.3 is 21.1 Å². The maximum Gasteiger partial charge on any atom is 0.258 e. The standard InChI is InChI=1S/C13H17N3O3/c14-9-2-1-3-11(6-9)19-8-13(18)16-10-4-5-12(17)15-7-10/h1-3,6,10H,4-5,7-8,14H2,(H,15,17)(H,16,18). The number of anilines is 1. The summed E-state index contributed by atoms with van der Waals surface area (Å²) >= 11 is 0. The molecule has 102 valence electrons. The van der Waals surface area contributed by atoms with Crippen LogP contribution in [-0.4, -0.2) is 31.0 Å². The fourth-order valence-corrected chi connectivity index (χ4v) is 1.88. The predicted octanol–water partition coefficient (Wildman–Crippen LogP) is 0.0424.